The minimum Gasteiger partial charge on any atom is -0.480 e. The number of aliphatic carboxylic acids is 1. The van der Waals surface area contributed by atoms with Gasteiger partial charge in [0, 0.05) is 13.0 Å². The third kappa shape index (κ3) is 4.87. The van der Waals surface area contributed by atoms with E-state index in [9.17, 15) is 9.59 Å². The molecule has 0 saturated carbocycles. The number of terminal acetylenes is 1. The second-order valence-corrected chi connectivity index (χ2v) is 4.06. The molecule has 0 aliphatic carbocycles. The Morgan fingerprint density at radius 1 is 1.53 bits per heavy atom. The first-order chi connectivity index (χ1) is 8.13. The van der Waals surface area contributed by atoms with Gasteiger partial charge in [-0.3, -0.25) is 4.79 Å². The zero-order valence-corrected chi connectivity index (χ0v) is 9.65. The van der Waals surface area contributed by atoms with E-state index in [1.165, 1.54) is 0 Å². The Balaban J connectivity index is 2.36. The number of nitrogens with one attached hydrogen (secondary N) is 1. The molecule has 0 radical (unpaired) electrons. The van der Waals surface area contributed by atoms with Crippen LogP contribution in [0.2, 0.25) is 0 Å². The lowest BCUT2D eigenvalue weighted by molar-refractivity contribution is -0.142. The number of carbonyl (C=O) groups excluding carboxylic acids is 1. The van der Waals surface area contributed by atoms with E-state index in [0.29, 0.717) is 6.61 Å². The first-order valence-electron chi connectivity index (χ1n) is 5.70. The van der Waals surface area contributed by atoms with Crippen molar-refractivity contribution in [2.24, 2.45) is 0 Å². The Morgan fingerprint density at radius 2 is 2.29 bits per heavy atom. The van der Waals surface area contributed by atoms with E-state index in [0.717, 1.165) is 19.3 Å². The van der Waals surface area contributed by atoms with Crippen LogP contribution in [0.1, 0.15) is 32.1 Å². The summed E-state index contributed by atoms with van der Waals surface area (Å²) in [7, 11) is 0. The number of carboxylic acids is 1. The highest BCUT2D eigenvalue weighted by molar-refractivity contribution is 5.83. The molecule has 0 aromatic carbocycles. The zero-order chi connectivity index (χ0) is 12.7. The molecule has 0 bridgehead atoms. The molecule has 94 valence electrons. The zero-order valence-electron chi connectivity index (χ0n) is 9.65. The van der Waals surface area contributed by atoms with E-state index in [1.807, 2.05) is 0 Å². The molecule has 0 aromatic heterocycles. The maximum atomic E-state index is 11.6. The van der Waals surface area contributed by atoms with E-state index in [4.69, 9.17) is 16.3 Å². The van der Waals surface area contributed by atoms with Crippen molar-refractivity contribution in [3.05, 3.63) is 0 Å². The third-order valence-corrected chi connectivity index (χ3v) is 2.64. The van der Waals surface area contributed by atoms with Crippen molar-refractivity contribution < 1.29 is 19.4 Å². The van der Waals surface area contributed by atoms with Gasteiger partial charge in [0.2, 0.25) is 5.91 Å². The first-order valence-corrected chi connectivity index (χ1v) is 5.70. The molecule has 5 heteroatoms. The molecule has 1 aliphatic rings. The van der Waals surface area contributed by atoms with Crippen molar-refractivity contribution in [3.63, 3.8) is 0 Å². The van der Waals surface area contributed by atoms with E-state index < -0.39 is 12.0 Å². The minimum atomic E-state index is -1.11. The Labute approximate surface area is 101 Å². The molecule has 1 aliphatic heterocycles. The van der Waals surface area contributed by atoms with Gasteiger partial charge in [0.1, 0.15) is 6.04 Å². The molecule has 1 saturated heterocycles. The normalized spacial score (nSPS) is 21.2. The number of hydrogen-bond donors (Lipinski definition) is 2. The van der Waals surface area contributed by atoms with E-state index in [2.05, 4.69) is 11.2 Å². The van der Waals surface area contributed by atoms with Crippen LogP contribution in [0.15, 0.2) is 0 Å². The number of carboxylic acid groups (broad SMARTS) is 1. The van der Waals surface area contributed by atoms with Gasteiger partial charge in [0.25, 0.3) is 0 Å². The average molecular weight is 239 g/mol. The van der Waals surface area contributed by atoms with Crippen LogP contribution in [-0.2, 0) is 14.3 Å². The quantitative estimate of drug-likeness (QED) is 0.686. The number of amides is 1. The summed E-state index contributed by atoms with van der Waals surface area (Å²) in [4.78, 5) is 22.4. The molecule has 2 atom stereocenters. The summed E-state index contributed by atoms with van der Waals surface area (Å²) in [5.74, 6) is 0.801. The number of ether oxygens (including phenoxy) is 1. The maximum absolute atomic E-state index is 11.6. The summed E-state index contributed by atoms with van der Waals surface area (Å²) in [6.45, 7) is 0.671. The van der Waals surface area contributed by atoms with E-state index in [1.54, 1.807) is 0 Å². The third-order valence-electron chi connectivity index (χ3n) is 2.64. The van der Waals surface area contributed by atoms with Crippen LogP contribution in [-0.4, -0.2) is 35.7 Å². The van der Waals surface area contributed by atoms with Gasteiger partial charge >= 0.3 is 5.97 Å². The number of hydrogen-bond acceptors (Lipinski definition) is 3. The average Bonchev–Trinajstić information content (AvgIpc) is 2.29. The van der Waals surface area contributed by atoms with Gasteiger partial charge in [0.15, 0.2) is 0 Å². The molecule has 0 spiro atoms. The minimum absolute atomic E-state index is 0.00734. The first kappa shape index (κ1) is 13.5. The molecule has 1 fully saturated rings. The molecular formula is C12H17NO4. The predicted octanol–water partition coefficient (Wildman–Crippen LogP) is 0.538. The van der Waals surface area contributed by atoms with Crippen molar-refractivity contribution in [2.75, 3.05) is 6.61 Å². The lowest BCUT2D eigenvalue weighted by Gasteiger charge is -2.22. The van der Waals surface area contributed by atoms with Crippen LogP contribution in [0.25, 0.3) is 0 Å². The fourth-order valence-corrected chi connectivity index (χ4v) is 1.75. The monoisotopic (exact) mass is 239 g/mol. The standard InChI is InChI=1S/C12H17NO4/c1-2-5-10(12(15)16)13-11(14)8-9-6-3-4-7-17-9/h1,9-10H,3-8H2,(H,13,14)(H,15,16)/t9-,10-/m0/s1. The van der Waals surface area contributed by atoms with Crippen molar-refractivity contribution in [1.82, 2.24) is 5.32 Å². The van der Waals surface area contributed by atoms with E-state index >= 15 is 0 Å². The fourth-order valence-electron chi connectivity index (χ4n) is 1.75. The molecule has 1 amide bonds. The highest BCUT2D eigenvalue weighted by Gasteiger charge is 2.22. The summed E-state index contributed by atoms with van der Waals surface area (Å²) < 4.78 is 5.40. The van der Waals surface area contributed by atoms with Crippen molar-refractivity contribution >= 4 is 11.9 Å². The Hall–Kier alpha value is -1.54. The van der Waals surface area contributed by atoms with Crippen LogP contribution in [0, 0.1) is 12.3 Å². The SMILES string of the molecule is C#CC[C@H](NC(=O)C[C@@H]1CCCCO1)C(=O)O. The van der Waals surface area contributed by atoms with Crippen LogP contribution in [0.5, 0.6) is 0 Å². The molecule has 5 nitrogen and oxygen atoms in total. The molecule has 1 heterocycles. The van der Waals surface area contributed by atoms with Gasteiger partial charge in [-0.05, 0) is 19.3 Å². The smallest absolute Gasteiger partial charge is 0.327 e. The highest BCUT2D eigenvalue weighted by Crippen LogP contribution is 2.15. The van der Waals surface area contributed by atoms with Crippen LogP contribution < -0.4 is 5.32 Å². The summed E-state index contributed by atoms with van der Waals surface area (Å²) in [5, 5.41) is 11.2. The van der Waals surface area contributed by atoms with Crippen LogP contribution >= 0.6 is 0 Å². The fraction of sp³-hybridized carbons (Fsp3) is 0.667. The topological polar surface area (TPSA) is 75.6 Å². The van der Waals surface area contributed by atoms with Crippen molar-refractivity contribution in [1.29, 1.82) is 0 Å². The second kappa shape index (κ2) is 6.92. The summed E-state index contributed by atoms with van der Waals surface area (Å²) in [5.41, 5.74) is 0. The molecule has 0 aromatic rings. The van der Waals surface area contributed by atoms with Crippen molar-refractivity contribution in [3.8, 4) is 12.3 Å². The Morgan fingerprint density at radius 3 is 2.82 bits per heavy atom. The Kier molecular flexibility index (Phi) is 5.50. The van der Waals surface area contributed by atoms with E-state index in [-0.39, 0.29) is 24.9 Å². The van der Waals surface area contributed by atoms with Gasteiger partial charge in [-0.2, -0.15) is 0 Å². The van der Waals surface area contributed by atoms with Crippen molar-refractivity contribution in [2.45, 2.75) is 44.2 Å². The van der Waals surface area contributed by atoms with Crippen LogP contribution in [0.4, 0.5) is 0 Å². The van der Waals surface area contributed by atoms with Gasteiger partial charge in [-0.1, -0.05) is 0 Å². The van der Waals surface area contributed by atoms with Gasteiger partial charge in [-0.15, -0.1) is 12.3 Å². The van der Waals surface area contributed by atoms with Crippen LogP contribution in [0.3, 0.4) is 0 Å². The summed E-state index contributed by atoms with van der Waals surface area (Å²) >= 11 is 0. The van der Waals surface area contributed by atoms with Gasteiger partial charge < -0.3 is 15.2 Å². The summed E-state index contributed by atoms with van der Waals surface area (Å²) in [6, 6.07) is -1.00. The number of carbonyl (C=O) groups is 2. The predicted molar refractivity (Wildman–Crippen MR) is 61.2 cm³/mol. The molecule has 1 rings (SSSR count). The summed E-state index contributed by atoms with van der Waals surface area (Å²) in [6.07, 6.45) is 8.05. The van der Waals surface area contributed by atoms with Gasteiger partial charge in [-0.25, -0.2) is 4.79 Å². The maximum Gasteiger partial charge on any atom is 0.327 e. The largest absolute Gasteiger partial charge is 0.480 e. The molecule has 0 unspecified atom stereocenters. The molecular weight excluding hydrogens is 222 g/mol. The highest BCUT2D eigenvalue weighted by atomic mass is 16.5. The lowest BCUT2D eigenvalue weighted by Crippen LogP contribution is -2.42. The Bertz CT molecular complexity index is 315. The lowest BCUT2D eigenvalue weighted by atomic mass is 10.1. The second-order valence-electron chi connectivity index (χ2n) is 4.06. The number of rotatable bonds is 5. The molecule has 2 N–H and O–H groups in total. The van der Waals surface area contributed by atoms with Gasteiger partial charge in [0.05, 0.1) is 12.5 Å². The molecule has 17 heavy (non-hydrogen) atoms.